The summed E-state index contributed by atoms with van der Waals surface area (Å²) < 4.78 is 1.83. The third-order valence-electron chi connectivity index (χ3n) is 5.27. The molecule has 2 atom stereocenters. The van der Waals surface area contributed by atoms with E-state index >= 15 is 0 Å². The molecule has 1 aromatic heterocycles. The van der Waals surface area contributed by atoms with Gasteiger partial charge in [0.05, 0.1) is 5.54 Å². The second-order valence-electron chi connectivity index (χ2n) is 6.59. The molecular weight excluding hydrogens is 260 g/mol. The molecule has 3 heteroatoms. The Hall–Kier alpha value is -1.61. The summed E-state index contributed by atoms with van der Waals surface area (Å²) in [4.78, 5) is 14.3. The molecule has 0 aliphatic heterocycles. The Morgan fingerprint density at radius 1 is 1.38 bits per heavy atom. The molecule has 1 heterocycles. The summed E-state index contributed by atoms with van der Waals surface area (Å²) in [6, 6.07) is 3.77. The minimum absolute atomic E-state index is 0.0883. The van der Waals surface area contributed by atoms with E-state index < -0.39 is 0 Å². The van der Waals surface area contributed by atoms with E-state index in [0.29, 0.717) is 5.92 Å². The lowest BCUT2D eigenvalue weighted by Gasteiger charge is -2.52. The molecule has 0 saturated heterocycles. The number of allylic oxidation sites excluding steroid dienone is 2. The third kappa shape index (κ3) is 1.80. The van der Waals surface area contributed by atoms with E-state index in [4.69, 9.17) is 0 Å². The first kappa shape index (κ1) is 14.3. The van der Waals surface area contributed by atoms with Crippen LogP contribution in [0.3, 0.4) is 0 Å². The molecule has 0 saturated carbocycles. The number of nitrogens with zero attached hydrogens (tertiary/aromatic N) is 2. The first-order valence-electron chi connectivity index (χ1n) is 7.62. The minimum atomic E-state index is -0.0999. The van der Waals surface area contributed by atoms with Crippen LogP contribution in [0.4, 0.5) is 0 Å². The Bertz CT molecular complexity index is 708. The maximum absolute atomic E-state index is 12.0. The van der Waals surface area contributed by atoms with Gasteiger partial charge in [-0.25, -0.2) is 0 Å². The second kappa shape index (κ2) is 4.70. The number of hydrogen-bond donors (Lipinski definition) is 0. The van der Waals surface area contributed by atoms with Crippen molar-refractivity contribution in [2.75, 3.05) is 14.1 Å². The smallest absolute Gasteiger partial charge is 0.250 e. The SMILES string of the molecule is C/C=C1\[C@H]2C=C(C)C[C@]1(N(C)C)c1ccc(=O)n(C)c1C2. The zero-order valence-electron chi connectivity index (χ0n) is 13.6. The van der Waals surface area contributed by atoms with Gasteiger partial charge in [-0.3, -0.25) is 9.69 Å². The molecule has 2 bridgehead atoms. The molecule has 21 heavy (non-hydrogen) atoms. The summed E-state index contributed by atoms with van der Waals surface area (Å²) in [5, 5.41) is 0. The Kier molecular flexibility index (Phi) is 3.21. The van der Waals surface area contributed by atoms with E-state index in [1.165, 1.54) is 22.4 Å². The lowest BCUT2D eigenvalue weighted by molar-refractivity contribution is 0.161. The predicted molar refractivity (Wildman–Crippen MR) is 86.4 cm³/mol. The third-order valence-corrected chi connectivity index (χ3v) is 5.27. The molecule has 0 unspecified atom stereocenters. The highest BCUT2D eigenvalue weighted by Crippen LogP contribution is 2.52. The molecule has 0 radical (unpaired) electrons. The summed E-state index contributed by atoms with van der Waals surface area (Å²) in [6.07, 6.45) is 6.59. The number of likely N-dealkylation sites (N-methyl/N-ethyl adjacent to an activating group) is 1. The van der Waals surface area contributed by atoms with Gasteiger partial charge in [-0.2, -0.15) is 0 Å². The topological polar surface area (TPSA) is 25.2 Å². The molecule has 2 aliphatic rings. The fraction of sp³-hybridized carbons (Fsp3) is 0.500. The van der Waals surface area contributed by atoms with Gasteiger partial charge in [-0.15, -0.1) is 0 Å². The molecule has 3 nitrogen and oxygen atoms in total. The number of rotatable bonds is 1. The Morgan fingerprint density at radius 3 is 2.71 bits per heavy atom. The number of fused-ring (bicyclic) bond motifs is 4. The van der Waals surface area contributed by atoms with Crippen molar-refractivity contribution in [1.29, 1.82) is 0 Å². The molecule has 112 valence electrons. The van der Waals surface area contributed by atoms with E-state index in [2.05, 4.69) is 51.1 Å². The van der Waals surface area contributed by atoms with Gasteiger partial charge in [0.2, 0.25) is 5.56 Å². The van der Waals surface area contributed by atoms with Crippen molar-refractivity contribution in [2.24, 2.45) is 13.0 Å². The van der Waals surface area contributed by atoms with Crippen LogP contribution >= 0.6 is 0 Å². The maximum Gasteiger partial charge on any atom is 0.250 e. The van der Waals surface area contributed by atoms with Crippen LogP contribution in [0.1, 0.15) is 31.5 Å². The van der Waals surface area contributed by atoms with Crippen LogP contribution in [0.5, 0.6) is 0 Å². The molecule has 0 aromatic carbocycles. The summed E-state index contributed by atoms with van der Waals surface area (Å²) in [6.45, 7) is 4.37. The van der Waals surface area contributed by atoms with Crippen LogP contribution in [-0.2, 0) is 19.0 Å². The van der Waals surface area contributed by atoms with Gasteiger partial charge in [0, 0.05) is 24.7 Å². The minimum Gasteiger partial charge on any atom is -0.315 e. The first-order valence-corrected chi connectivity index (χ1v) is 7.62. The molecule has 0 N–H and O–H groups in total. The van der Waals surface area contributed by atoms with E-state index in [0.717, 1.165) is 12.8 Å². The lowest BCUT2D eigenvalue weighted by Crippen LogP contribution is -2.51. The van der Waals surface area contributed by atoms with Crippen molar-refractivity contribution in [1.82, 2.24) is 9.47 Å². The summed E-state index contributed by atoms with van der Waals surface area (Å²) >= 11 is 0. The highest BCUT2D eigenvalue weighted by atomic mass is 16.1. The first-order chi connectivity index (χ1) is 9.91. The van der Waals surface area contributed by atoms with Crippen molar-refractivity contribution in [2.45, 2.75) is 32.2 Å². The zero-order valence-corrected chi connectivity index (χ0v) is 13.6. The molecule has 0 amide bonds. The maximum atomic E-state index is 12.0. The van der Waals surface area contributed by atoms with Crippen LogP contribution in [0.2, 0.25) is 0 Å². The van der Waals surface area contributed by atoms with E-state index in [9.17, 15) is 4.79 Å². The number of pyridine rings is 1. The van der Waals surface area contributed by atoms with Crippen LogP contribution in [0.25, 0.3) is 0 Å². The average molecular weight is 284 g/mol. The molecule has 2 aliphatic carbocycles. The van der Waals surface area contributed by atoms with Crippen LogP contribution in [-0.4, -0.2) is 23.6 Å². The summed E-state index contributed by atoms with van der Waals surface area (Å²) in [7, 11) is 6.20. The summed E-state index contributed by atoms with van der Waals surface area (Å²) in [5.41, 5.74) is 5.40. The van der Waals surface area contributed by atoms with Crippen LogP contribution < -0.4 is 5.56 Å². The fourth-order valence-corrected chi connectivity index (χ4v) is 4.34. The van der Waals surface area contributed by atoms with E-state index in [-0.39, 0.29) is 11.1 Å². The highest BCUT2D eigenvalue weighted by Gasteiger charge is 2.48. The van der Waals surface area contributed by atoms with Crippen molar-refractivity contribution in [3.05, 3.63) is 57.0 Å². The monoisotopic (exact) mass is 284 g/mol. The van der Waals surface area contributed by atoms with E-state index in [1.54, 1.807) is 6.07 Å². The van der Waals surface area contributed by atoms with Crippen LogP contribution in [0.15, 0.2) is 40.2 Å². The Labute approximate surface area is 126 Å². The summed E-state index contributed by atoms with van der Waals surface area (Å²) in [5.74, 6) is 0.409. The second-order valence-corrected chi connectivity index (χ2v) is 6.59. The van der Waals surface area contributed by atoms with Gasteiger partial charge >= 0.3 is 0 Å². The molecular formula is C18H24N2O. The number of aromatic nitrogens is 1. The van der Waals surface area contributed by atoms with Crippen molar-refractivity contribution >= 4 is 0 Å². The standard InChI is InChI=1S/C18H24N2O/c1-6-14-13-9-12(2)11-18(14,19(3)4)15-7-8-17(21)20(5)16(15)10-13/h6-9,13H,10-11H2,1-5H3/b14-6+/t13-,18+/m0/s1. The quantitative estimate of drug-likeness (QED) is 0.741. The molecule has 1 aromatic rings. The van der Waals surface area contributed by atoms with Gasteiger partial charge < -0.3 is 4.57 Å². The fourth-order valence-electron chi connectivity index (χ4n) is 4.34. The lowest BCUT2D eigenvalue weighted by atomic mass is 9.62. The highest BCUT2D eigenvalue weighted by molar-refractivity contribution is 5.49. The predicted octanol–water partition coefficient (Wildman–Crippen LogP) is 2.61. The van der Waals surface area contributed by atoms with Gasteiger partial charge in [-0.1, -0.05) is 17.7 Å². The molecule has 0 spiro atoms. The largest absolute Gasteiger partial charge is 0.315 e. The van der Waals surface area contributed by atoms with Gasteiger partial charge in [0.15, 0.2) is 0 Å². The Balaban J connectivity index is 2.38. The average Bonchev–Trinajstić information content (AvgIpc) is 2.42. The van der Waals surface area contributed by atoms with Gasteiger partial charge in [-0.05, 0) is 58.0 Å². The van der Waals surface area contributed by atoms with Crippen molar-refractivity contribution in [3.8, 4) is 0 Å². The van der Waals surface area contributed by atoms with Crippen molar-refractivity contribution in [3.63, 3.8) is 0 Å². The molecule has 0 fully saturated rings. The Morgan fingerprint density at radius 2 is 2.10 bits per heavy atom. The zero-order chi connectivity index (χ0) is 15.4. The van der Waals surface area contributed by atoms with E-state index in [1.807, 2.05) is 11.6 Å². The van der Waals surface area contributed by atoms with Gasteiger partial charge in [0.25, 0.3) is 0 Å². The normalized spacial score (nSPS) is 29.5. The van der Waals surface area contributed by atoms with Crippen molar-refractivity contribution < 1.29 is 0 Å². The van der Waals surface area contributed by atoms with Crippen LogP contribution in [0, 0.1) is 5.92 Å². The molecule has 3 rings (SSSR count). The van der Waals surface area contributed by atoms with Gasteiger partial charge in [0.1, 0.15) is 0 Å². The number of hydrogen-bond acceptors (Lipinski definition) is 2.